The summed E-state index contributed by atoms with van der Waals surface area (Å²) in [4.78, 5) is 15.8. The van der Waals surface area contributed by atoms with Crippen molar-refractivity contribution in [3.63, 3.8) is 0 Å². The van der Waals surface area contributed by atoms with Crippen LogP contribution >= 0.6 is 11.6 Å². The minimum Gasteiger partial charge on any atom is -0.347 e. The van der Waals surface area contributed by atoms with Gasteiger partial charge in [0.15, 0.2) is 0 Å². The zero-order valence-electron chi connectivity index (χ0n) is 10.3. The molecule has 0 unspecified atom stereocenters. The van der Waals surface area contributed by atoms with Crippen molar-refractivity contribution in [1.82, 2.24) is 14.7 Å². The predicted molar refractivity (Wildman–Crippen MR) is 71.5 cm³/mol. The molecular formula is C13H14ClN3O. The molecule has 0 aliphatic heterocycles. The Kier molecular flexibility index (Phi) is 3.67. The van der Waals surface area contributed by atoms with Crippen molar-refractivity contribution in [1.29, 1.82) is 0 Å². The minimum atomic E-state index is -0.113. The van der Waals surface area contributed by atoms with Gasteiger partial charge in [0, 0.05) is 12.3 Å². The zero-order valence-corrected chi connectivity index (χ0v) is 11.0. The number of halogens is 1. The number of nitrogens with one attached hydrogen (secondary N) is 1. The number of amides is 1. The number of fused-ring (bicyclic) bond motifs is 1. The van der Waals surface area contributed by atoms with Crippen LogP contribution < -0.4 is 5.32 Å². The van der Waals surface area contributed by atoms with Gasteiger partial charge >= 0.3 is 0 Å². The third kappa shape index (κ3) is 2.90. The van der Waals surface area contributed by atoms with E-state index < -0.39 is 0 Å². The van der Waals surface area contributed by atoms with E-state index >= 15 is 0 Å². The van der Waals surface area contributed by atoms with Crippen molar-refractivity contribution in [2.45, 2.75) is 20.4 Å². The quantitative estimate of drug-likeness (QED) is 0.683. The standard InChI is InChI=1S/C13H14ClN3O/c1-9(2)6-13(18)15-7-10-8-17-11(14)4-3-5-12(17)16-10/h3-6,8H,7H2,1-2H3,(H,15,18). The van der Waals surface area contributed by atoms with Gasteiger partial charge in [-0.25, -0.2) is 4.98 Å². The molecule has 2 rings (SSSR count). The van der Waals surface area contributed by atoms with Crippen LogP contribution in [-0.4, -0.2) is 15.3 Å². The van der Waals surface area contributed by atoms with Crippen LogP contribution in [0.1, 0.15) is 19.5 Å². The molecule has 0 bridgehead atoms. The van der Waals surface area contributed by atoms with Crippen molar-refractivity contribution in [3.05, 3.63) is 46.9 Å². The summed E-state index contributed by atoms with van der Waals surface area (Å²) in [5.41, 5.74) is 2.51. The Labute approximate surface area is 110 Å². The molecule has 0 saturated heterocycles. The van der Waals surface area contributed by atoms with E-state index in [4.69, 9.17) is 11.6 Å². The summed E-state index contributed by atoms with van der Waals surface area (Å²) in [6.45, 7) is 4.15. The lowest BCUT2D eigenvalue weighted by atomic mass is 10.3. The Balaban J connectivity index is 2.11. The first kappa shape index (κ1) is 12.6. The van der Waals surface area contributed by atoms with E-state index in [1.54, 1.807) is 16.5 Å². The van der Waals surface area contributed by atoms with Gasteiger partial charge in [-0.1, -0.05) is 23.2 Å². The second kappa shape index (κ2) is 5.23. The van der Waals surface area contributed by atoms with E-state index in [9.17, 15) is 4.79 Å². The highest BCUT2D eigenvalue weighted by molar-refractivity contribution is 6.29. The molecule has 0 radical (unpaired) electrons. The van der Waals surface area contributed by atoms with Gasteiger partial charge in [-0.15, -0.1) is 0 Å². The van der Waals surface area contributed by atoms with Gasteiger partial charge in [0.2, 0.25) is 5.91 Å². The van der Waals surface area contributed by atoms with Crippen molar-refractivity contribution in [2.75, 3.05) is 0 Å². The molecule has 18 heavy (non-hydrogen) atoms. The van der Waals surface area contributed by atoms with Gasteiger partial charge in [-0.05, 0) is 26.0 Å². The summed E-state index contributed by atoms with van der Waals surface area (Å²) in [7, 11) is 0. The fourth-order valence-electron chi connectivity index (χ4n) is 1.60. The predicted octanol–water partition coefficient (Wildman–Crippen LogP) is 2.57. The number of pyridine rings is 1. The fourth-order valence-corrected chi connectivity index (χ4v) is 1.81. The molecular weight excluding hydrogens is 250 g/mol. The lowest BCUT2D eigenvalue weighted by molar-refractivity contribution is -0.116. The van der Waals surface area contributed by atoms with E-state index in [0.29, 0.717) is 11.7 Å². The minimum absolute atomic E-state index is 0.113. The monoisotopic (exact) mass is 263 g/mol. The number of aromatic nitrogens is 2. The van der Waals surface area contributed by atoms with Gasteiger partial charge in [0.25, 0.3) is 0 Å². The average Bonchev–Trinajstić information content (AvgIpc) is 2.70. The normalized spacial score (nSPS) is 10.4. The van der Waals surface area contributed by atoms with Crippen LogP contribution in [0.2, 0.25) is 5.15 Å². The van der Waals surface area contributed by atoms with Gasteiger partial charge in [-0.3, -0.25) is 9.20 Å². The average molecular weight is 264 g/mol. The maximum atomic E-state index is 11.5. The number of allylic oxidation sites excluding steroid dienone is 1. The maximum Gasteiger partial charge on any atom is 0.244 e. The molecule has 1 N–H and O–H groups in total. The Morgan fingerprint density at radius 1 is 1.50 bits per heavy atom. The van der Waals surface area contributed by atoms with E-state index in [0.717, 1.165) is 16.9 Å². The summed E-state index contributed by atoms with van der Waals surface area (Å²) in [5, 5.41) is 3.38. The first-order valence-corrected chi connectivity index (χ1v) is 5.99. The summed E-state index contributed by atoms with van der Waals surface area (Å²) < 4.78 is 1.78. The van der Waals surface area contributed by atoms with Crippen LogP contribution in [0.25, 0.3) is 5.65 Å². The lowest BCUT2D eigenvalue weighted by Crippen LogP contribution is -2.20. The third-order valence-electron chi connectivity index (χ3n) is 2.36. The van der Waals surface area contributed by atoms with Crippen LogP contribution in [0, 0.1) is 0 Å². The molecule has 0 spiro atoms. The second-order valence-electron chi connectivity index (χ2n) is 4.25. The molecule has 0 aromatic carbocycles. The Morgan fingerprint density at radius 2 is 2.28 bits per heavy atom. The van der Waals surface area contributed by atoms with Crippen LogP contribution in [0.4, 0.5) is 0 Å². The Hall–Kier alpha value is -1.81. The largest absolute Gasteiger partial charge is 0.347 e. The molecule has 0 fully saturated rings. The van der Waals surface area contributed by atoms with Crippen molar-refractivity contribution < 1.29 is 4.79 Å². The summed E-state index contributed by atoms with van der Waals surface area (Å²) in [6.07, 6.45) is 3.38. The summed E-state index contributed by atoms with van der Waals surface area (Å²) in [6, 6.07) is 5.51. The van der Waals surface area contributed by atoms with Crippen LogP contribution in [0.3, 0.4) is 0 Å². The zero-order chi connectivity index (χ0) is 13.1. The number of imidazole rings is 1. The van der Waals surface area contributed by atoms with E-state index in [1.807, 2.05) is 32.2 Å². The van der Waals surface area contributed by atoms with E-state index in [2.05, 4.69) is 10.3 Å². The molecule has 2 heterocycles. The number of hydrogen-bond acceptors (Lipinski definition) is 2. The lowest BCUT2D eigenvalue weighted by Gasteiger charge is -1.98. The van der Waals surface area contributed by atoms with Gasteiger partial charge in [-0.2, -0.15) is 0 Å². The van der Waals surface area contributed by atoms with Gasteiger partial charge < -0.3 is 5.32 Å². The molecule has 2 aromatic heterocycles. The highest BCUT2D eigenvalue weighted by Crippen LogP contribution is 2.13. The van der Waals surface area contributed by atoms with Crippen LogP contribution in [0.5, 0.6) is 0 Å². The molecule has 1 amide bonds. The summed E-state index contributed by atoms with van der Waals surface area (Å²) in [5.74, 6) is -0.113. The highest BCUT2D eigenvalue weighted by atomic mass is 35.5. The smallest absolute Gasteiger partial charge is 0.244 e. The second-order valence-corrected chi connectivity index (χ2v) is 4.64. The number of rotatable bonds is 3. The van der Waals surface area contributed by atoms with Crippen molar-refractivity contribution in [3.8, 4) is 0 Å². The number of nitrogens with zero attached hydrogens (tertiary/aromatic N) is 2. The molecule has 5 heteroatoms. The SMILES string of the molecule is CC(C)=CC(=O)NCc1cn2c(Cl)cccc2n1. The topological polar surface area (TPSA) is 46.4 Å². The first-order chi connectivity index (χ1) is 8.56. The van der Waals surface area contributed by atoms with Crippen molar-refractivity contribution >= 4 is 23.2 Å². The Bertz CT molecular complexity index is 612. The molecule has 4 nitrogen and oxygen atoms in total. The first-order valence-electron chi connectivity index (χ1n) is 5.61. The van der Waals surface area contributed by atoms with Gasteiger partial charge in [0.05, 0.1) is 12.2 Å². The molecule has 94 valence electrons. The molecule has 0 aliphatic carbocycles. The number of hydrogen-bond donors (Lipinski definition) is 1. The van der Waals surface area contributed by atoms with E-state index in [1.165, 1.54) is 0 Å². The fraction of sp³-hybridized carbons (Fsp3) is 0.231. The maximum absolute atomic E-state index is 11.5. The van der Waals surface area contributed by atoms with Gasteiger partial charge in [0.1, 0.15) is 10.8 Å². The van der Waals surface area contributed by atoms with Crippen molar-refractivity contribution in [2.24, 2.45) is 0 Å². The number of carbonyl (C=O) groups excluding carboxylic acids is 1. The number of carbonyl (C=O) groups is 1. The van der Waals surface area contributed by atoms with Crippen LogP contribution in [0.15, 0.2) is 36.0 Å². The van der Waals surface area contributed by atoms with Crippen LogP contribution in [-0.2, 0) is 11.3 Å². The van der Waals surface area contributed by atoms with E-state index in [-0.39, 0.29) is 5.91 Å². The summed E-state index contributed by atoms with van der Waals surface area (Å²) >= 11 is 6.03. The molecule has 0 saturated carbocycles. The Morgan fingerprint density at radius 3 is 2.94 bits per heavy atom. The molecule has 0 aliphatic rings. The third-order valence-corrected chi connectivity index (χ3v) is 2.66. The highest BCUT2D eigenvalue weighted by Gasteiger charge is 2.04. The molecule has 0 atom stereocenters. The molecule has 2 aromatic rings.